The van der Waals surface area contributed by atoms with E-state index >= 15 is 0 Å². The standard InChI is InChI=1S/C13H21N3/c1-2-9-3-4-12-11(7-9)13(16-15-12)10-5-6-14-8-10/h9-10,14H,2-8H2,1H3,(H,15,16). The number of aromatic amines is 1. The second-order valence-corrected chi connectivity index (χ2v) is 5.27. The maximum atomic E-state index is 4.58. The van der Waals surface area contributed by atoms with Crippen molar-refractivity contribution in [3.05, 3.63) is 17.0 Å². The summed E-state index contributed by atoms with van der Waals surface area (Å²) >= 11 is 0. The average Bonchev–Trinajstić information content (AvgIpc) is 2.96. The summed E-state index contributed by atoms with van der Waals surface area (Å²) in [6, 6.07) is 0. The molecule has 16 heavy (non-hydrogen) atoms. The van der Waals surface area contributed by atoms with Crippen LogP contribution in [0.25, 0.3) is 0 Å². The largest absolute Gasteiger partial charge is 0.316 e. The van der Waals surface area contributed by atoms with Crippen molar-refractivity contribution in [3.8, 4) is 0 Å². The molecule has 1 aliphatic carbocycles. The predicted octanol–water partition coefficient (Wildman–Crippen LogP) is 2.00. The van der Waals surface area contributed by atoms with Gasteiger partial charge < -0.3 is 5.32 Å². The fourth-order valence-corrected chi connectivity index (χ4v) is 3.17. The monoisotopic (exact) mass is 219 g/mol. The van der Waals surface area contributed by atoms with Gasteiger partial charge in [0.15, 0.2) is 0 Å². The molecule has 2 N–H and O–H groups in total. The van der Waals surface area contributed by atoms with E-state index in [1.807, 2.05) is 0 Å². The van der Waals surface area contributed by atoms with Crippen LogP contribution in [0.4, 0.5) is 0 Å². The Morgan fingerprint density at radius 1 is 1.38 bits per heavy atom. The number of H-pyrrole nitrogens is 1. The Kier molecular flexibility index (Phi) is 2.72. The van der Waals surface area contributed by atoms with Crippen molar-refractivity contribution < 1.29 is 0 Å². The van der Waals surface area contributed by atoms with E-state index in [1.165, 1.54) is 43.5 Å². The molecule has 0 spiro atoms. The van der Waals surface area contributed by atoms with Crippen LogP contribution in [0.2, 0.25) is 0 Å². The van der Waals surface area contributed by atoms with Crippen LogP contribution in [0, 0.1) is 5.92 Å². The van der Waals surface area contributed by atoms with Gasteiger partial charge in [-0.3, -0.25) is 5.10 Å². The highest BCUT2D eigenvalue weighted by atomic mass is 15.1. The number of fused-ring (bicyclic) bond motifs is 1. The fraction of sp³-hybridized carbons (Fsp3) is 0.769. The van der Waals surface area contributed by atoms with Crippen LogP contribution < -0.4 is 5.32 Å². The molecule has 88 valence electrons. The molecule has 2 heterocycles. The van der Waals surface area contributed by atoms with Gasteiger partial charge in [-0.1, -0.05) is 13.3 Å². The lowest BCUT2D eigenvalue weighted by molar-refractivity contribution is 0.440. The fourth-order valence-electron chi connectivity index (χ4n) is 3.17. The van der Waals surface area contributed by atoms with Gasteiger partial charge in [-0.05, 0) is 43.7 Å². The van der Waals surface area contributed by atoms with Crippen molar-refractivity contribution in [2.75, 3.05) is 13.1 Å². The van der Waals surface area contributed by atoms with Crippen molar-refractivity contribution in [1.29, 1.82) is 0 Å². The third-order valence-corrected chi connectivity index (χ3v) is 4.30. The molecule has 0 radical (unpaired) electrons. The Morgan fingerprint density at radius 3 is 3.06 bits per heavy atom. The van der Waals surface area contributed by atoms with Gasteiger partial charge in [-0.25, -0.2) is 0 Å². The van der Waals surface area contributed by atoms with Gasteiger partial charge in [-0.15, -0.1) is 0 Å². The van der Waals surface area contributed by atoms with Crippen molar-refractivity contribution in [2.45, 2.75) is 44.9 Å². The zero-order chi connectivity index (χ0) is 11.0. The summed E-state index contributed by atoms with van der Waals surface area (Å²) in [6.45, 7) is 4.59. The number of hydrogen-bond donors (Lipinski definition) is 2. The van der Waals surface area contributed by atoms with E-state index in [2.05, 4.69) is 22.4 Å². The summed E-state index contributed by atoms with van der Waals surface area (Å²) in [7, 11) is 0. The molecular formula is C13H21N3. The van der Waals surface area contributed by atoms with E-state index in [0.29, 0.717) is 5.92 Å². The van der Waals surface area contributed by atoms with Crippen LogP contribution in [0.5, 0.6) is 0 Å². The van der Waals surface area contributed by atoms with Crippen LogP contribution in [-0.2, 0) is 12.8 Å². The molecule has 0 amide bonds. The van der Waals surface area contributed by atoms with Crippen LogP contribution >= 0.6 is 0 Å². The van der Waals surface area contributed by atoms with Gasteiger partial charge in [0.1, 0.15) is 0 Å². The van der Waals surface area contributed by atoms with E-state index < -0.39 is 0 Å². The van der Waals surface area contributed by atoms with Crippen molar-refractivity contribution in [3.63, 3.8) is 0 Å². The minimum Gasteiger partial charge on any atom is -0.316 e. The molecule has 2 unspecified atom stereocenters. The normalized spacial score (nSPS) is 29.3. The summed E-state index contributed by atoms with van der Waals surface area (Å²) in [4.78, 5) is 0. The van der Waals surface area contributed by atoms with E-state index in [1.54, 1.807) is 5.56 Å². The van der Waals surface area contributed by atoms with Crippen LogP contribution in [-0.4, -0.2) is 23.3 Å². The topological polar surface area (TPSA) is 40.7 Å². The number of nitrogens with zero attached hydrogens (tertiary/aromatic N) is 1. The van der Waals surface area contributed by atoms with E-state index in [0.717, 1.165) is 19.0 Å². The van der Waals surface area contributed by atoms with Crippen molar-refractivity contribution >= 4 is 0 Å². The quantitative estimate of drug-likeness (QED) is 0.798. The predicted molar refractivity (Wildman–Crippen MR) is 64.6 cm³/mol. The second-order valence-electron chi connectivity index (χ2n) is 5.27. The molecule has 1 fully saturated rings. The molecule has 0 aromatic carbocycles. The van der Waals surface area contributed by atoms with Crippen molar-refractivity contribution in [1.82, 2.24) is 15.5 Å². The molecule has 0 bridgehead atoms. The van der Waals surface area contributed by atoms with Gasteiger partial charge in [-0.2, -0.15) is 5.10 Å². The lowest BCUT2D eigenvalue weighted by atomic mass is 9.83. The zero-order valence-corrected chi connectivity index (χ0v) is 10.1. The lowest BCUT2D eigenvalue weighted by Crippen LogP contribution is -2.15. The minimum absolute atomic E-state index is 0.663. The molecule has 0 saturated carbocycles. The lowest BCUT2D eigenvalue weighted by Gasteiger charge is -2.21. The number of hydrogen-bond acceptors (Lipinski definition) is 2. The molecule has 1 saturated heterocycles. The van der Waals surface area contributed by atoms with Gasteiger partial charge in [0.2, 0.25) is 0 Å². The smallest absolute Gasteiger partial charge is 0.0701 e. The average molecular weight is 219 g/mol. The first kappa shape index (κ1) is 10.3. The van der Waals surface area contributed by atoms with Gasteiger partial charge in [0.05, 0.1) is 5.69 Å². The maximum absolute atomic E-state index is 4.58. The molecule has 1 aliphatic heterocycles. The van der Waals surface area contributed by atoms with Crippen LogP contribution in [0.15, 0.2) is 0 Å². The zero-order valence-electron chi connectivity index (χ0n) is 10.1. The third kappa shape index (κ3) is 1.67. The first-order chi connectivity index (χ1) is 7.88. The SMILES string of the molecule is CCC1CCc2[nH]nc(C3CCNC3)c2C1. The molecule has 2 atom stereocenters. The number of aryl methyl sites for hydroxylation is 1. The summed E-state index contributed by atoms with van der Waals surface area (Å²) in [5.74, 6) is 1.55. The Bertz CT molecular complexity index is 363. The van der Waals surface area contributed by atoms with E-state index in [-0.39, 0.29) is 0 Å². The van der Waals surface area contributed by atoms with Gasteiger partial charge in [0, 0.05) is 18.2 Å². The molecule has 3 heteroatoms. The van der Waals surface area contributed by atoms with Crippen molar-refractivity contribution in [2.24, 2.45) is 5.92 Å². The van der Waals surface area contributed by atoms with Crippen LogP contribution in [0.3, 0.4) is 0 Å². The highest BCUT2D eigenvalue weighted by molar-refractivity contribution is 5.31. The number of nitrogens with one attached hydrogen (secondary N) is 2. The second kappa shape index (κ2) is 4.21. The highest BCUT2D eigenvalue weighted by Crippen LogP contribution is 2.33. The summed E-state index contributed by atoms with van der Waals surface area (Å²) < 4.78 is 0. The summed E-state index contributed by atoms with van der Waals surface area (Å²) in [5, 5.41) is 11.3. The summed E-state index contributed by atoms with van der Waals surface area (Å²) in [5.41, 5.74) is 4.36. The molecule has 3 nitrogen and oxygen atoms in total. The van der Waals surface area contributed by atoms with E-state index in [9.17, 15) is 0 Å². The molecule has 2 aliphatic rings. The number of rotatable bonds is 2. The number of aromatic nitrogens is 2. The first-order valence-electron chi connectivity index (χ1n) is 6.65. The summed E-state index contributed by atoms with van der Waals surface area (Å²) in [6.07, 6.45) is 6.38. The molecule has 1 aromatic rings. The minimum atomic E-state index is 0.663. The Balaban J connectivity index is 1.87. The Morgan fingerprint density at radius 2 is 2.31 bits per heavy atom. The molecule has 3 rings (SSSR count). The third-order valence-electron chi connectivity index (χ3n) is 4.30. The Labute approximate surface area is 97.0 Å². The Hall–Kier alpha value is -0.830. The highest BCUT2D eigenvalue weighted by Gasteiger charge is 2.28. The molecule has 1 aromatic heterocycles. The molecular weight excluding hydrogens is 198 g/mol. The van der Waals surface area contributed by atoms with Crippen LogP contribution in [0.1, 0.15) is 49.1 Å². The maximum Gasteiger partial charge on any atom is 0.0701 e. The van der Waals surface area contributed by atoms with Gasteiger partial charge in [0.25, 0.3) is 0 Å². The van der Waals surface area contributed by atoms with E-state index in [4.69, 9.17) is 0 Å². The first-order valence-corrected chi connectivity index (χ1v) is 6.65. The van der Waals surface area contributed by atoms with Gasteiger partial charge >= 0.3 is 0 Å².